The Labute approximate surface area is 145 Å². The molecule has 1 atom stereocenters. The van der Waals surface area contributed by atoms with Crippen LogP contribution in [0.4, 0.5) is 13.2 Å². The summed E-state index contributed by atoms with van der Waals surface area (Å²) in [5.41, 5.74) is -0.165. The van der Waals surface area contributed by atoms with Crippen LogP contribution in [0.2, 0.25) is 0 Å². The van der Waals surface area contributed by atoms with Crippen molar-refractivity contribution in [1.82, 2.24) is 0 Å². The third-order valence-corrected chi connectivity index (χ3v) is 3.61. The number of ether oxygens (including phenoxy) is 1. The molecular formula is C20H21F3O2. The van der Waals surface area contributed by atoms with Crippen molar-refractivity contribution in [3.8, 4) is 0 Å². The molecule has 0 unspecified atom stereocenters. The molecule has 134 valence electrons. The maximum atomic E-state index is 13.0. The van der Waals surface area contributed by atoms with Crippen molar-refractivity contribution in [2.24, 2.45) is 0 Å². The first kappa shape index (κ1) is 19.0. The quantitative estimate of drug-likeness (QED) is 0.674. The summed E-state index contributed by atoms with van der Waals surface area (Å²) in [4.78, 5) is 12.3. The van der Waals surface area contributed by atoms with E-state index in [2.05, 4.69) is 0 Å². The molecule has 0 aliphatic carbocycles. The smallest absolute Gasteiger partial charge is 0.416 e. The molecule has 2 aromatic rings. The van der Waals surface area contributed by atoms with Crippen molar-refractivity contribution in [3.05, 3.63) is 71.3 Å². The number of hydrogen-bond acceptors (Lipinski definition) is 2. The first-order chi connectivity index (χ1) is 11.6. The van der Waals surface area contributed by atoms with Crippen LogP contribution < -0.4 is 0 Å². The predicted octanol–water partition coefficient (Wildman–Crippen LogP) is 5.57. The lowest BCUT2D eigenvalue weighted by Crippen LogP contribution is -2.25. The zero-order valence-corrected chi connectivity index (χ0v) is 14.4. The van der Waals surface area contributed by atoms with E-state index in [9.17, 15) is 18.0 Å². The molecule has 0 bridgehead atoms. The highest BCUT2D eigenvalue weighted by atomic mass is 19.4. The summed E-state index contributed by atoms with van der Waals surface area (Å²) in [6.07, 6.45) is -4.45. The largest absolute Gasteiger partial charge is 0.460 e. The van der Waals surface area contributed by atoms with Gasteiger partial charge in [0.15, 0.2) is 0 Å². The highest BCUT2D eigenvalue weighted by Crippen LogP contribution is 2.34. The summed E-state index contributed by atoms with van der Waals surface area (Å²) < 4.78 is 44.4. The number of carbonyl (C=O) groups is 1. The van der Waals surface area contributed by atoms with E-state index in [1.54, 1.807) is 51.1 Å². The van der Waals surface area contributed by atoms with Gasteiger partial charge in [0.1, 0.15) is 5.60 Å². The van der Waals surface area contributed by atoms with E-state index in [-0.39, 0.29) is 6.42 Å². The first-order valence-corrected chi connectivity index (χ1v) is 8.00. The van der Waals surface area contributed by atoms with E-state index in [4.69, 9.17) is 4.74 Å². The van der Waals surface area contributed by atoms with E-state index < -0.39 is 29.2 Å². The van der Waals surface area contributed by atoms with Crippen LogP contribution in [-0.2, 0) is 15.7 Å². The summed E-state index contributed by atoms with van der Waals surface area (Å²) in [6.45, 7) is 5.27. The van der Waals surface area contributed by atoms with Gasteiger partial charge in [0.25, 0.3) is 0 Å². The molecule has 0 radical (unpaired) electrons. The third kappa shape index (κ3) is 5.62. The molecule has 0 spiro atoms. The average molecular weight is 350 g/mol. The second kappa shape index (κ2) is 7.30. The number of rotatable bonds is 4. The van der Waals surface area contributed by atoms with Gasteiger partial charge < -0.3 is 4.74 Å². The highest BCUT2D eigenvalue weighted by Gasteiger charge is 2.31. The van der Waals surface area contributed by atoms with Crippen molar-refractivity contribution in [2.75, 3.05) is 0 Å². The number of halogens is 3. The van der Waals surface area contributed by atoms with Gasteiger partial charge in [-0.15, -0.1) is 0 Å². The fraction of sp³-hybridized carbons (Fsp3) is 0.350. The average Bonchev–Trinajstić information content (AvgIpc) is 2.51. The number of hydrogen-bond donors (Lipinski definition) is 0. The lowest BCUT2D eigenvalue weighted by molar-refractivity contribution is -0.155. The van der Waals surface area contributed by atoms with Crippen molar-refractivity contribution in [1.29, 1.82) is 0 Å². The van der Waals surface area contributed by atoms with Crippen molar-refractivity contribution in [3.63, 3.8) is 0 Å². The number of carbonyl (C=O) groups excluding carboxylic acids is 1. The van der Waals surface area contributed by atoms with E-state index in [1.165, 1.54) is 6.07 Å². The minimum Gasteiger partial charge on any atom is -0.460 e. The van der Waals surface area contributed by atoms with Crippen molar-refractivity contribution < 1.29 is 22.7 Å². The van der Waals surface area contributed by atoms with Crippen LogP contribution in [0.25, 0.3) is 0 Å². The Hall–Kier alpha value is -2.30. The first-order valence-electron chi connectivity index (χ1n) is 8.00. The summed E-state index contributed by atoms with van der Waals surface area (Å²) in [7, 11) is 0. The molecule has 0 fully saturated rings. The van der Waals surface area contributed by atoms with Crippen LogP contribution in [0.3, 0.4) is 0 Å². The second-order valence-electron chi connectivity index (χ2n) is 6.88. The van der Waals surface area contributed by atoms with Crippen LogP contribution in [0.5, 0.6) is 0 Å². The minimum absolute atomic E-state index is 0.0252. The molecule has 0 heterocycles. The zero-order valence-electron chi connectivity index (χ0n) is 14.4. The lowest BCUT2D eigenvalue weighted by atomic mass is 9.87. The fourth-order valence-electron chi connectivity index (χ4n) is 2.60. The van der Waals surface area contributed by atoms with Crippen LogP contribution in [-0.4, -0.2) is 11.6 Å². The summed E-state index contributed by atoms with van der Waals surface area (Å²) in [5.74, 6) is -0.947. The molecule has 2 nitrogen and oxygen atoms in total. The summed E-state index contributed by atoms with van der Waals surface area (Å²) in [6, 6.07) is 14.1. The number of benzene rings is 2. The lowest BCUT2D eigenvalue weighted by Gasteiger charge is -2.23. The molecule has 5 heteroatoms. The third-order valence-electron chi connectivity index (χ3n) is 3.61. The highest BCUT2D eigenvalue weighted by molar-refractivity contribution is 5.72. The van der Waals surface area contributed by atoms with Gasteiger partial charge >= 0.3 is 12.1 Å². The summed E-state index contributed by atoms with van der Waals surface area (Å²) >= 11 is 0. The Kier molecular flexibility index (Phi) is 5.55. The molecular weight excluding hydrogens is 329 g/mol. The Balaban J connectivity index is 2.38. The van der Waals surface area contributed by atoms with E-state index in [0.717, 1.165) is 17.7 Å². The van der Waals surface area contributed by atoms with Crippen LogP contribution in [0, 0.1) is 0 Å². The van der Waals surface area contributed by atoms with Crippen LogP contribution in [0.15, 0.2) is 54.6 Å². The number of alkyl halides is 3. The molecule has 25 heavy (non-hydrogen) atoms. The molecule has 0 saturated carbocycles. The van der Waals surface area contributed by atoms with E-state index in [1.807, 2.05) is 6.07 Å². The standard InChI is InChI=1S/C20H21F3O2/c1-19(2,3)25-18(24)13-17(14-8-5-4-6-9-14)15-10-7-11-16(12-15)20(21,22)23/h4-12,17H,13H2,1-3H3/t17-/m0/s1. The molecule has 0 aromatic heterocycles. The molecule has 2 aromatic carbocycles. The summed E-state index contributed by atoms with van der Waals surface area (Å²) in [5, 5.41) is 0. The van der Waals surface area contributed by atoms with Gasteiger partial charge in [0, 0.05) is 5.92 Å². The van der Waals surface area contributed by atoms with Gasteiger partial charge in [-0.3, -0.25) is 4.79 Å². The maximum absolute atomic E-state index is 13.0. The Morgan fingerprint density at radius 2 is 1.56 bits per heavy atom. The van der Waals surface area contributed by atoms with Gasteiger partial charge in [-0.1, -0.05) is 48.5 Å². The van der Waals surface area contributed by atoms with Gasteiger partial charge in [0.2, 0.25) is 0 Å². The monoisotopic (exact) mass is 350 g/mol. The van der Waals surface area contributed by atoms with Gasteiger partial charge in [-0.25, -0.2) is 0 Å². The zero-order chi connectivity index (χ0) is 18.7. The fourth-order valence-corrected chi connectivity index (χ4v) is 2.60. The second-order valence-corrected chi connectivity index (χ2v) is 6.88. The molecule has 0 aliphatic rings. The van der Waals surface area contributed by atoms with Gasteiger partial charge in [-0.05, 0) is 38.0 Å². The number of esters is 1. The molecule has 0 amide bonds. The normalized spacial score (nSPS) is 13.4. The predicted molar refractivity (Wildman–Crippen MR) is 90.2 cm³/mol. The van der Waals surface area contributed by atoms with Crippen molar-refractivity contribution >= 4 is 5.97 Å². The molecule has 0 aliphatic heterocycles. The van der Waals surface area contributed by atoms with Crippen LogP contribution in [0.1, 0.15) is 49.8 Å². The Morgan fingerprint density at radius 1 is 0.960 bits per heavy atom. The Bertz CT molecular complexity index is 716. The molecule has 2 rings (SSSR count). The minimum atomic E-state index is -4.43. The van der Waals surface area contributed by atoms with E-state index >= 15 is 0 Å². The van der Waals surface area contributed by atoms with E-state index in [0.29, 0.717) is 5.56 Å². The van der Waals surface area contributed by atoms with Gasteiger partial charge in [-0.2, -0.15) is 13.2 Å². The van der Waals surface area contributed by atoms with Crippen molar-refractivity contribution in [2.45, 2.75) is 44.9 Å². The molecule has 0 saturated heterocycles. The Morgan fingerprint density at radius 3 is 2.12 bits per heavy atom. The molecule has 0 N–H and O–H groups in total. The van der Waals surface area contributed by atoms with Crippen LogP contribution >= 0.6 is 0 Å². The van der Waals surface area contributed by atoms with Gasteiger partial charge in [0.05, 0.1) is 12.0 Å². The topological polar surface area (TPSA) is 26.3 Å². The SMILES string of the molecule is CC(C)(C)OC(=O)C[C@@H](c1ccccc1)c1cccc(C(F)(F)F)c1. The maximum Gasteiger partial charge on any atom is 0.416 e.